The van der Waals surface area contributed by atoms with Crippen LogP contribution in [0.25, 0.3) is 0 Å². The Kier molecular flexibility index (Phi) is 4.01. The van der Waals surface area contributed by atoms with Crippen molar-refractivity contribution in [2.45, 2.75) is 44.7 Å². The second-order valence-corrected chi connectivity index (χ2v) is 5.11. The predicted molar refractivity (Wildman–Crippen MR) is 70.5 cm³/mol. The Morgan fingerprint density at radius 2 is 1.94 bits per heavy atom. The molecule has 18 heavy (non-hydrogen) atoms. The summed E-state index contributed by atoms with van der Waals surface area (Å²) in [5.74, 6) is 0.00788. The molecule has 1 aromatic rings. The maximum atomic E-state index is 12.1. The number of aryl methyl sites for hydroxylation is 2. The number of hydrogen-bond donors (Lipinski definition) is 2. The van der Waals surface area contributed by atoms with Gasteiger partial charge in [0.2, 0.25) is 0 Å². The first-order chi connectivity index (χ1) is 8.60. The summed E-state index contributed by atoms with van der Waals surface area (Å²) in [6.45, 7) is 1.87. The molecule has 1 fully saturated rings. The van der Waals surface area contributed by atoms with Gasteiger partial charge in [0.25, 0.3) is 5.91 Å². The SMILES string of the molecule is CNC1CCC(NC(=O)c2cn(C)nc2C)CC1. The Hall–Kier alpha value is -1.36. The third-order valence-electron chi connectivity index (χ3n) is 3.73. The number of nitrogens with one attached hydrogen (secondary N) is 2. The van der Waals surface area contributed by atoms with Crippen molar-refractivity contribution in [3.05, 3.63) is 17.5 Å². The summed E-state index contributed by atoms with van der Waals surface area (Å²) >= 11 is 0. The van der Waals surface area contributed by atoms with Crippen molar-refractivity contribution in [2.75, 3.05) is 7.05 Å². The second-order valence-electron chi connectivity index (χ2n) is 5.11. The average Bonchev–Trinajstić information content (AvgIpc) is 2.69. The fourth-order valence-electron chi connectivity index (χ4n) is 2.61. The van der Waals surface area contributed by atoms with Crippen molar-refractivity contribution in [3.8, 4) is 0 Å². The van der Waals surface area contributed by atoms with E-state index in [1.54, 1.807) is 10.9 Å². The van der Waals surface area contributed by atoms with Gasteiger partial charge in [-0.15, -0.1) is 0 Å². The van der Waals surface area contributed by atoms with Crippen LogP contribution in [-0.2, 0) is 7.05 Å². The van der Waals surface area contributed by atoms with Crippen LogP contribution in [0, 0.1) is 6.92 Å². The summed E-state index contributed by atoms with van der Waals surface area (Å²) in [6.07, 6.45) is 6.15. The first-order valence-electron chi connectivity index (χ1n) is 6.58. The van der Waals surface area contributed by atoms with E-state index in [4.69, 9.17) is 0 Å². The molecule has 1 aliphatic rings. The summed E-state index contributed by atoms with van der Waals surface area (Å²) in [5.41, 5.74) is 1.48. The topological polar surface area (TPSA) is 58.9 Å². The normalized spacial score (nSPS) is 23.9. The maximum absolute atomic E-state index is 12.1. The van der Waals surface area contributed by atoms with Crippen molar-refractivity contribution in [3.63, 3.8) is 0 Å². The van der Waals surface area contributed by atoms with Crippen LogP contribution in [0.15, 0.2) is 6.20 Å². The predicted octanol–water partition coefficient (Wildman–Crippen LogP) is 0.989. The summed E-state index contributed by atoms with van der Waals surface area (Å²) in [4.78, 5) is 12.1. The van der Waals surface area contributed by atoms with Gasteiger partial charge in [0.1, 0.15) is 0 Å². The minimum atomic E-state index is 0.00788. The first kappa shape index (κ1) is 13.1. The van der Waals surface area contributed by atoms with Gasteiger partial charge in [-0.05, 0) is 39.7 Å². The Morgan fingerprint density at radius 3 is 2.44 bits per heavy atom. The number of rotatable bonds is 3. The summed E-state index contributed by atoms with van der Waals surface area (Å²) in [6, 6.07) is 0.917. The number of aromatic nitrogens is 2. The molecular weight excluding hydrogens is 228 g/mol. The Balaban J connectivity index is 1.90. The summed E-state index contributed by atoms with van der Waals surface area (Å²) < 4.78 is 1.68. The van der Waals surface area contributed by atoms with E-state index in [1.807, 2.05) is 21.0 Å². The van der Waals surface area contributed by atoms with Crippen LogP contribution >= 0.6 is 0 Å². The number of nitrogens with zero attached hydrogens (tertiary/aromatic N) is 2. The smallest absolute Gasteiger partial charge is 0.254 e. The van der Waals surface area contributed by atoms with Gasteiger partial charge in [-0.3, -0.25) is 9.48 Å². The molecule has 1 saturated carbocycles. The summed E-state index contributed by atoms with van der Waals surface area (Å²) in [7, 11) is 3.84. The highest BCUT2D eigenvalue weighted by molar-refractivity contribution is 5.95. The van der Waals surface area contributed by atoms with Crippen LogP contribution in [0.5, 0.6) is 0 Å². The largest absolute Gasteiger partial charge is 0.349 e. The van der Waals surface area contributed by atoms with Crippen molar-refractivity contribution in [1.29, 1.82) is 0 Å². The molecule has 5 nitrogen and oxygen atoms in total. The molecule has 0 atom stereocenters. The standard InChI is InChI=1S/C13H22N4O/c1-9-12(8-17(3)16-9)13(18)15-11-6-4-10(14-2)5-7-11/h8,10-11,14H,4-7H2,1-3H3,(H,15,18). The highest BCUT2D eigenvalue weighted by Crippen LogP contribution is 2.19. The number of hydrogen-bond acceptors (Lipinski definition) is 3. The van der Waals surface area contributed by atoms with E-state index < -0.39 is 0 Å². The second kappa shape index (κ2) is 5.52. The van der Waals surface area contributed by atoms with E-state index in [9.17, 15) is 4.79 Å². The van der Waals surface area contributed by atoms with Gasteiger partial charge < -0.3 is 10.6 Å². The van der Waals surface area contributed by atoms with Crippen LogP contribution in [0.3, 0.4) is 0 Å². The molecule has 5 heteroatoms. The first-order valence-corrected chi connectivity index (χ1v) is 6.58. The molecule has 1 heterocycles. The zero-order valence-corrected chi connectivity index (χ0v) is 11.4. The number of amides is 1. The Morgan fingerprint density at radius 1 is 1.33 bits per heavy atom. The lowest BCUT2D eigenvalue weighted by molar-refractivity contribution is 0.0924. The zero-order chi connectivity index (χ0) is 13.1. The van der Waals surface area contributed by atoms with E-state index in [0.717, 1.165) is 31.4 Å². The van der Waals surface area contributed by atoms with Gasteiger partial charge in [-0.25, -0.2) is 0 Å². The monoisotopic (exact) mass is 250 g/mol. The minimum absolute atomic E-state index is 0.00788. The number of carbonyl (C=O) groups is 1. The van der Waals surface area contributed by atoms with E-state index in [2.05, 4.69) is 15.7 Å². The molecule has 0 spiro atoms. The van der Waals surface area contributed by atoms with Gasteiger partial charge in [-0.1, -0.05) is 0 Å². The lowest BCUT2D eigenvalue weighted by atomic mass is 9.91. The third kappa shape index (κ3) is 2.90. The number of carbonyl (C=O) groups excluding carboxylic acids is 1. The van der Waals surface area contributed by atoms with Gasteiger partial charge >= 0.3 is 0 Å². The van der Waals surface area contributed by atoms with Crippen LogP contribution in [0.2, 0.25) is 0 Å². The van der Waals surface area contributed by atoms with E-state index in [0.29, 0.717) is 17.6 Å². The molecule has 1 aromatic heterocycles. The lowest BCUT2D eigenvalue weighted by Crippen LogP contribution is -2.41. The molecule has 2 rings (SSSR count). The molecule has 0 aromatic carbocycles. The van der Waals surface area contributed by atoms with Gasteiger partial charge in [-0.2, -0.15) is 5.10 Å². The van der Waals surface area contributed by atoms with Crippen LogP contribution in [-0.4, -0.2) is 34.8 Å². The quantitative estimate of drug-likeness (QED) is 0.841. The van der Waals surface area contributed by atoms with Crippen molar-refractivity contribution in [1.82, 2.24) is 20.4 Å². The Bertz CT molecular complexity index is 419. The molecule has 0 unspecified atom stereocenters. The van der Waals surface area contributed by atoms with Crippen LogP contribution in [0.4, 0.5) is 0 Å². The average molecular weight is 250 g/mol. The molecule has 2 N–H and O–H groups in total. The summed E-state index contributed by atoms with van der Waals surface area (Å²) in [5, 5.41) is 10.6. The highest BCUT2D eigenvalue weighted by atomic mass is 16.1. The van der Waals surface area contributed by atoms with E-state index in [1.165, 1.54) is 0 Å². The maximum Gasteiger partial charge on any atom is 0.254 e. The van der Waals surface area contributed by atoms with Crippen molar-refractivity contribution < 1.29 is 4.79 Å². The molecule has 0 bridgehead atoms. The third-order valence-corrected chi connectivity index (χ3v) is 3.73. The van der Waals surface area contributed by atoms with Gasteiger partial charge in [0.05, 0.1) is 11.3 Å². The van der Waals surface area contributed by atoms with E-state index in [-0.39, 0.29) is 5.91 Å². The van der Waals surface area contributed by atoms with Crippen LogP contribution in [0.1, 0.15) is 41.7 Å². The molecular formula is C13H22N4O. The Labute approximate surface area is 108 Å². The van der Waals surface area contributed by atoms with Crippen LogP contribution < -0.4 is 10.6 Å². The van der Waals surface area contributed by atoms with E-state index >= 15 is 0 Å². The molecule has 0 saturated heterocycles. The molecule has 0 aliphatic heterocycles. The lowest BCUT2D eigenvalue weighted by Gasteiger charge is -2.28. The fraction of sp³-hybridized carbons (Fsp3) is 0.692. The van der Waals surface area contributed by atoms with Gasteiger partial charge in [0, 0.05) is 25.3 Å². The highest BCUT2D eigenvalue weighted by Gasteiger charge is 2.22. The van der Waals surface area contributed by atoms with Crippen molar-refractivity contribution >= 4 is 5.91 Å². The minimum Gasteiger partial charge on any atom is -0.349 e. The van der Waals surface area contributed by atoms with Gasteiger partial charge in [0.15, 0.2) is 0 Å². The fourth-order valence-corrected chi connectivity index (χ4v) is 2.61. The van der Waals surface area contributed by atoms with Crippen molar-refractivity contribution in [2.24, 2.45) is 7.05 Å². The zero-order valence-electron chi connectivity index (χ0n) is 11.4. The molecule has 100 valence electrons. The molecule has 0 radical (unpaired) electrons. The molecule has 1 amide bonds. The molecule has 1 aliphatic carbocycles.